The van der Waals surface area contributed by atoms with Gasteiger partial charge in [0.1, 0.15) is 5.75 Å². The Kier molecular flexibility index (Phi) is 5.12. The van der Waals surface area contributed by atoms with Gasteiger partial charge in [0.2, 0.25) is 0 Å². The third-order valence-electron chi connectivity index (χ3n) is 3.89. The number of nitrogens with one attached hydrogen (secondary N) is 1. The predicted molar refractivity (Wildman–Crippen MR) is 81.8 cm³/mol. The molecule has 2 nitrogen and oxygen atoms in total. The second kappa shape index (κ2) is 6.83. The lowest BCUT2D eigenvalue weighted by Crippen LogP contribution is -2.30. The molecule has 2 rings (SSSR count). The smallest absolute Gasteiger partial charge is 0.142 e. The van der Waals surface area contributed by atoms with Crippen molar-refractivity contribution in [1.82, 2.24) is 0 Å². The van der Waals surface area contributed by atoms with Crippen LogP contribution in [0.3, 0.4) is 0 Å². The van der Waals surface area contributed by atoms with Crippen molar-refractivity contribution < 1.29 is 4.74 Å². The molecule has 2 unspecified atom stereocenters. The van der Waals surface area contributed by atoms with E-state index in [1.807, 2.05) is 6.07 Å². The van der Waals surface area contributed by atoms with Crippen LogP contribution in [0.5, 0.6) is 5.75 Å². The Balaban J connectivity index is 2.01. The molecular formula is C17H27NO. The summed E-state index contributed by atoms with van der Waals surface area (Å²) in [6.45, 7) is 7.66. The average molecular weight is 261 g/mol. The monoisotopic (exact) mass is 261 g/mol. The second-order valence-electron chi connectivity index (χ2n) is 6.10. The maximum absolute atomic E-state index is 5.82. The highest BCUT2D eigenvalue weighted by atomic mass is 16.5. The van der Waals surface area contributed by atoms with Crippen LogP contribution in [0, 0.1) is 11.8 Å². The van der Waals surface area contributed by atoms with E-state index in [9.17, 15) is 0 Å². The number of anilines is 1. The molecule has 1 saturated carbocycles. The molecule has 1 aliphatic carbocycles. The molecule has 0 saturated heterocycles. The Bertz CT molecular complexity index is 381. The first-order chi connectivity index (χ1) is 9.19. The lowest BCUT2D eigenvalue weighted by atomic mass is 9.80. The molecule has 0 spiro atoms. The number of benzene rings is 1. The Morgan fingerprint density at radius 3 is 2.47 bits per heavy atom. The molecule has 1 aromatic carbocycles. The fraction of sp³-hybridized carbons (Fsp3) is 0.647. The minimum absolute atomic E-state index is 0.588. The largest absolute Gasteiger partial charge is 0.491 e. The van der Waals surface area contributed by atoms with Crippen LogP contribution >= 0.6 is 0 Å². The van der Waals surface area contributed by atoms with E-state index in [0.29, 0.717) is 6.04 Å². The summed E-state index contributed by atoms with van der Waals surface area (Å²) in [4.78, 5) is 0. The second-order valence-corrected chi connectivity index (χ2v) is 6.10. The molecule has 0 aromatic heterocycles. The summed E-state index contributed by atoms with van der Waals surface area (Å²) in [5.74, 6) is 2.64. The maximum atomic E-state index is 5.82. The van der Waals surface area contributed by atoms with Gasteiger partial charge in [-0.25, -0.2) is 0 Å². The highest BCUT2D eigenvalue weighted by Gasteiger charge is 2.24. The van der Waals surface area contributed by atoms with Crippen LogP contribution in [0.15, 0.2) is 24.3 Å². The van der Waals surface area contributed by atoms with Crippen LogP contribution in [-0.4, -0.2) is 12.6 Å². The Morgan fingerprint density at radius 2 is 1.79 bits per heavy atom. The van der Waals surface area contributed by atoms with Gasteiger partial charge in [0, 0.05) is 6.04 Å². The van der Waals surface area contributed by atoms with Crippen LogP contribution in [0.25, 0.3) is 0 Å². The molecule has 0 bridgehead atoms. The first-order valence-corrected chi connectivity index (χ1v) is 7.67. The number of hydrogen-bond acceptors (Lipinski definition) is 2. The minimum atomic E-state index is 0.588. The van der Waals surface area contributed by atoms with E-state index in [2.05, 4.69) is 44.3 Å². The van der Waals surface area contributed by atoms with Crippen molar-refractivity contribution in [3.63, 3.8) is 0 Å². The fourth-order valence-corrected chi connectivity index (χ4v) is 3.21. The maximum Gasteiger partial charge on any atom is 0.142 e. The molecule has 1 N–H and O–H groups in total. The summed E-state index contributed by atoms with van der Waals surface area (Å²) in [6, 6.07) is 8.91. The summed E-state index contributed by atoms with van der Waals surface area (Å²) in [6.07, 6.45) is 4.96. The van der Waals surface area contributed by atoms with Crippen molar-refractivity contribution in [3.8, 4) is 5.75 Å². The number of rotatable bonds is 5. The summed E-state index contributed by atoms with van der Waals surface area (Å²) in [5, 5.41) is 3.69. The van der Waals surface area contributed by atoms with Crippen molar-refractivity contribution in [2.45, 2.75) is 52.5 Å². The molecular weight excluding hydrogens is 234 g/mol. The lowest BCUT2D eigenvalue weighted by molar-refractivity contribution is 0.279. The number of ether oxygens (including phenoxy) is 1. The summed E-state index contributed by atoms with van der Waals surface area (Å²) in [5.41, 5.74) is 1.15. The van der Waals surface area contributed by atoms with Crippen molar-refractivity contribution in [1.29, 1.82) is 0 Å². The number of para-hydroxylation sites is 2. The Hall–Kier alpha value is -1.18. The molecule has 0 aliphatic heterocycles. The van der Waals surface area contributed by atoms with Gasteiger partial charge in [-0.1, -0.05) is 32.9 Å². The topological polar surface area (TPSA) is 21.3 Å². The van der Waals surface area contributed by atoms with Crippen LogP contribution in [0.4, 0.5) is 5.69 Å². The van der Waals surface area contributed by atoms with Crippen molar-refractivity contribution in [3.05, 3.63) is 24.3 Å². The first-order valence-electron chi connectivity index (χ1n) is 7.67. The molecule has 0 amide bonds. The van der Waals surface area contributed by atoms with E-state index in [1.165, 1.54) is 19.3 Å². The van der Waals surface area contributed by atoms with Gasteiger partial charge in [-0.2, -0.15) is 0 Å². The zero-order valence-corrected chi connectivity index (χ0v) is 12.5. The van der Waals surface area contributed by atoms with Crippen LogP contribution < -0.4 is 10.1 Å². The molecule has 106 valence electrons. The van der Waals surface area contributed by atoms with E-state index >= 15 is 0 Å². The first kappa shape index (κ1) is 14.2. The summed E-state index contributed by atoms with van der Waals surface area (Å²) >= 11 is 0. The van der Waals surface area contributed by atoms with E-state index < -0.39 is 0 Å². The van der Waals surface area contributed by atoms with Crippen molar-refractivity contribution in [2.75, 3.05) is 11.9 Å². The predicted octanol–water partition coefficient (Wildman–Crippen LogP) is 4.71. The standard InChI is InChI=1S/C17H27NO/c1-4-9-19-17-8-6-5-7-16(17)18-15-11-13(2)10-14(3)12-15/h5-8,13-15,18H,4,9-12H2,1-3H3. The van der Waals surface area contributed by atoms with E-state index in [1.54, 1.807) is 0 Å². The summed E-state index contributed by atoms with van der Waals surface area (Å²) < 4.78 is 5.82. The molecule has 2 heteroatoms. The summed E-state index contributed by atoms with van der Waals surface area (Å²) in [7, 11) is 0. The van der Waals surface area contributed by atoms with E-state index in [4.69, 9.17) is 4.74 Å². The van der Waals surface area contributed by atoms with Gasteiger partial charge in [0.15, 0.2) is 0 Å². The third kappa shape index (κ3) is 4.15. The van der Waals surface area contributed by atoms with Crippen LogP contribution in [0.2, 0.25) is 0 Å². The van der Waals surface area contributed by atoms with Gasteiger partial charge in [-0.05, 0) is 49.7 Å². The van der Waals surface area contributed by atoms with E-state index in [0.717, 1.165) is 36.3 Å². The minimum Gasteiger partial charge on any atom is -0.491 e. The molecule has 1 fully saturated rings. The zero-order chi connectivity index (χ0) is 13.7. The van der Waals surface area contributed by atoms with Gasteiger partial charge in [0.25, 0.3) is 0 Å². The van der Waals surface area contributed by atoms with Gasteiger partial charge in [-0.15, -0.1) is 0 Å². The molecule has 19 heavy (non-hydrogen) atoms. The zero-order valence-electron chi connectivity index (χ0n) is 12.5. The van der Waals surface area contributed by atoms with Crippen LogP contribution in [0.1, 0.15) is 46.5 Å². The molecule has 1 aromatic rings. The highest BCUT2D eigenvalue weighted by molar-refractivity contribution is 5.56. The van der Waals surface area contributed by atoms with Gasteiger partial charge < -0.3 is 10.1 Å². The Morgan fingerprint density at radius 1 is 1.11 bits per heavy atom. The van der Waals surface area contributed by atoms with Gasteiger partial charge in [-0.3, -0.25) is 0 Å². The molecule has 1 aliphatic rings. The SMILES string of the molecule is CCCOc1ccccc1NC1CC(C)CC(C)C1. The van der Waals surface area contributed by atoms with Crippen molar-refractivity contribution in [2.24, 2.45) is 11.8 Å². The number of hydrogen-bond donors (Lipinski definition) is 1. The third-order valence-corrected chi connectivity index (χ3v) is 3.89. The fourth-order valence-electron chi connectivity index (χ4n) is 3.21. The average Bonchev–Trinajstić information content (AvgIpc) is 2.36. The Labute approximate surface area is 117 Å². The molecule has 0 radical (unpaired) electrons. The van der Waals surface area contributed by atoms with Crippen molar-refractivity contribution >= 4 is 5.69 Å². The van der Waals surface area contributed by atoms with Crippen LogP contribution in [-0.2, 0) is 0 Å². The highest BCUT2D eigenvalue weighted by Crippen LogP contribution is 2.32. The lowest BCUT2D eigenvalue weighted by Gasteiger charge is -2.33. The van der Waals surface area contributed by atoms with Gasteiger partial charge >= 0.3 is 0 Å². The normalized spacial score (nSPS) is 27.0. The molecule has 2 atom stereocenters. The van der Waals surface area contributed by atoms with Gasteiger partial charge in [0.05, 0.1) is 12.3 Å². The quantitative estimate of drug-likeness (QED) is 0.828. The van der Waals surface area contributed by atoms with E-state index in [-0.39, 0.29) is 0 Å². The molecule has 0 heterocycles.